The van der Waals surface area contributed by atoms with E-state index in [0.717, 1.165) is 0 Å². The van der Waals surface area contributed by atoms with Gasteiger partial charge in [-0.2, -0.15) is 0 Å². The highest BCUT2D eigenvalue weighted by Gasteiger charge is 2.38. The highest BCUT2D eigenvalue weighted by atomic mass is 14.4. The van der Waals surface area contributed by atoms with Gasteiger partial charge in [0.2, 0.25) is 0 Å². The second-order valence-electron chi connectivity index (χ2n) is 16.4. The Balaban J connectivity index is 1.10. The van der Waals surface area contributed by atoms with E-state index in [4.69, 9.17) is 0 Å². The highest BCUT2D eigenvalue weighted by Crippen LogP contribution is 2.54. The fourth-order valence-electron chi connectivity index (χ4n) is 10.5. The Morgan fingerprint density at radius 2 is 0.807 bits per heavy atom. The van der Waals surface area contributed by atoms with E-state index in [9.17, 15) is 0 Å². The van der Waals surface area contributed by atoms with Crippen molar-refractivity contribution < 1.29 is 0 Å². The summed E-state index contributed by atoms with van der Waals surface area (Å²) in [5.74, 6) is 0. The Bertz CT molecular complexity index is 3430. The van der Waals surface area contributed by atoms with Gasteiger partial charge < -0.3 is 0 Å². The van der Waals surface area contributed by atoms with Gasteiger partial charge in [-0.3, -0.25) is 0 Å². The highest BCUT2D eigenvalue weighted by molar-refractivity contribution is 6.28. The average Bonchev–Trinajstić information content (AvgIpc) is 3.49. The molecule has 11 aromatic rings. The molecule has 0 heterocycles. The Morgan fingerprint density at radius 1 is 0.298 bits per heavy atom. The zero-order valence-electron chi connectivity index (χ0n) is 32.0. The molecule has 0 nitrogen and oxygen atoms in total. The maximum absolute atomic E-state index is 2.44. The van der Waals surface area contributed by atoms with Crippen LogP contribution in [0.15, 0.2) is 194 Å². The van der Waals surface area contributed by atoms with Crippen molar-refractivity contribution in [2.45, 2.75) is 19.3 Å². The van der Waals surface area contributed by atoms with Gasteiger partial charge in [-0.25, -0.2) is 0 Å². The summed E-state index contributed by atoms with van der Waals surface area (Å²) in [5, 5.41) is 15.4. The minimum Gasteiger partial charge on any atom is -0.0616 e. The van der Waals surface area contributed by atoms with Crippen molar-refractivity contribution in [1.82, 2.24) is 0 Å². The molecule has 11 aromatic carbocycles. The van der Waals surface area contributed by atoms with Crippen LogP contribution in [0.3, 0.4) is 0 Å². The summed E-state index contributed by atoms with van der Waals surface area (Å²) in [6, 6.07) is 72.7. The molecule has 1 aliphatic carbocycles. The zero-order valence-corrected chi connectivity index (χ0v) is 32.0. The van der Waals surface area contributed by atoms with Crippen LogP contribution in [0.1, 0.15) is 25.0 Å². The smallest absolute Gasteiger partial charge is 0.0165 e. The van der Waals surface area contributed by atoms with Gasteiger partial charge in [0, 0.05) is 5.41 Å². The van der Waals surface area contributed by atoms with E-state index < -0.39 is 0 Å². The predicted octanol–water partition coefficient (Wildman–Crippen LogP) is 15.9. The zero-order chi connectivity index (χ0) is 37.8. The molecule has 0 saturated heterocycles. The van der Waals surface area contributed by atoms with Gasteiger partial charge in [-0.1, -0.05) is 184 Å². The maximum atomic E-state index is 2.44. The summed E-state index contributed by atoms with van der Waals surface area (Å²) >= 11 is 0. The summed E-state index contributed by atoms with van der Waals surface area (Å²) < 4.78 is 0. The third kappa shape index (κ3) is 4.62. The van der Waals surface area contributed by atoms with Crippen molar-refractivity contribution in [3.05, 3.63) is 205 Å². The van der Waals surface area contributed by atoms with E-state index in [1.54, 1.807) is 0 Å². The first-order valence-electron chi connectivity index (χ1n) is 20.1. The lowest BCUT2D eigenvalue weighted by atomic mass is 9.78. The maximum Gasteiger partial charge on any atom is 0.0165 e. The largest absolute Gasteiger partial charge is 0.0616 e. The third-order valence-electron chi connectivity index (χ3n) is 12.9. The minimum absolute atomic E-state index is 0.142. The summed E-state index contributed by atoms with van der Waals surface area (Å²) in [6.07, 6.45) is 0. The molecule has 0 spiro atoms. The average molecular weight is 723 g/mol. The Hall–Kier alpha value is -7.02. The number of rotatable bonds is 3. The molecule has 0 unspecified atom stereocenters. The van der Waals surface area contributed by atoms with E-state index in [0.29, 0.717) is 0 Å². The summed E-state index contributed by atoms with van der Waals surface area (Å²) in [6.45, 7) is 4.80. The first-order valence-corrected chi connectivity index (χ1v) is 20.1. The van der Waals surface area contributed by atoms with E-state index >= 15 is 0 Å². The van der Waals surface area contributed by atoms with E-state index in [1.165, 1.54) is 120 Å². The van der Waals surface area contributed by atoms with E-state index in [-0.39, 0.29) is 5.41 Å². The van der Waals surface area contributed by atoms with Crippen LogP contribution < -0.4 is 0 Å². The molecule has 1 aliphatic rings. The SMILES string of the molecule is CC1(C)c2cc3ccccc3cc2-c2cccc(-c3cccc(-c4c5ccccc5c(-c5cc6ccc7ccccc7c6c6ccccc56)c5ccccc45)c3)c21. The van der Waals surface area contributed by atoms with Gasteiger partial charge >= 0.3 is 0 Å². The number of benzene rings is 11. The van der Waals surface area contributed by atoms with Crippen LogP contribution in [0.4, 0.5) is 0 Å². The normalized spacial score (nSPS) is 13.2. The molecule has 0 atom stereocenters. The van der Waals surface area contributed by atoms with Crippen molar-refractivity contribution in [2.75, 3.05) is 0 Å². The Kier molecular flexibility index (Phi) is 6.78. The molecule has 0 aromatic heterocycles. The predicted molar refractivity (Wildman–Crippen MR) is 245 cm³/mol. The lowest BCUT2D eigenvalue weighted by molar-refractivity contribution is 0.663. The van der Waals surface area contributed by atoms with Crippen molar-refractivity contribution in [3.8, 4) is 44.5 Å². The molecule has 57 heavy (non-hydrogen) atoms. The topological polar surface area (TPSA) is 0 Å². The molecule has 0 N–H and O–H groups in total. The van der Waals surface area contributed by atoms with E-state index in [1.807, 2.05) is 0 Å². The summed E-state index contributed by atoms with van der Waals surface area (Å²) in [5.41, 5.74) is 13.0. The molecule has 0 fully saturated rings. The summed E-state index contributed by atoms with van der Waals surface area (Å²) in [7, 11) is 0. The van der Waals surface area contributed by atoms with Crippen LogP contribution in [-0.2, 0) is 5.41 Å². The van der Waals surface area contributed by atoms with Crippen LogP contribution in [-0.4, -0.2) is 0 Å². The van der Waals surface area contributed by atoms with E-state index in [2.05, 4.69) is 208 Å². The molecule has 0 heteroatoms. The quantitative estimate of drug-likeness (QED) is 0.126. The fraction of sp³-hybridized carbons (Fsp3) is 0.0526. The van der Waals surface area contributed by atoms with Crippen LogP contribution in [0.5, 0.6) is 0 Å². The Labute approximate surface area is 332 Å². The van der Waals surface area contributed by atoms with Gasteiger partial charge in [-0.15, -0.1) is 0 Å². The fourth-order valence-corrected chi connectivity index (χ4v) is 10.5. The first-order chi connectivity index (χ1) is 28.0. The van der Waals surface area contributed by atoms with Crippen molar-refractivity contribution >= 4 is 64.6 Å². The lowest BCUT2D eigenvalue weighted by Gasteiger charge is -2.25. The number of hydrogen-bond acceptors (Lipinski definition) is 0. The third-order valence-corrected chi connectivity index (χ3v) is 12.9. The van der Waals surface area contributed by atoms with Gasteiger partial charge in [0.1, 0.15) is 0 Å². The number of hydrogen-bond donors (Lipinski definition) is 0. The molecular formula is C57H38. The molecule has 0 aliphatic heterocycles. The van der Waals surface area contributed by atoms with Gasteiger partial charge in [-0.05, 0) is 145 Å². The molecule has 0 bridgehead atoms. The van der Waals surface area contributed by atoms with Crippen molar-refractivity contribution in [3.63, 3.8) is 0 Å². The Morgan fingerprint density at radius 3 is 1.53 bits per heavy atom. The van der Waals surface area contributed by atoms with Crippen molar-refractivity contribution in [2.24, 2.45) is 0 Å². The molecular weight excluding hydrogens is 685 g/mol. The molecule has 0 saturated carbocycles. The summed E-state index contributed by atoms with van der Waals surface area (Å²) in [4.78, 5) is 0. The van der Waals surface area contributed by atoms with Crippen LogP contribution in [0, 0.1) is 0 Å². The minimum atomic E-state index is -0.142. The van der Waals surface area contributed by atoms with Crippen LogP contribution >= 0.6 is 0 Å². The van der Waals surface area contributed by atoms with Crippen LogP contribution in [0.25, 0.3) is 109 Å². The molecule has 12 rings (SSSR count). The second kappa shape index (κ2) is 12.0. The lowest BCUT2D eigenvalue weighted by Crippen LogP contribution is -2.16. The molecule has 0 amide bonds. The van der Waals surface area contributed by atoms with Crippen molar-refractivity contribution in [1.29, 1.82) is 0 Å². The second-order valence-corrected chi connectivity index (χ2v) is 16.4. The standard InChI is InChI=1S/C57H38/c1-57(2)52-34-37-17-4-3-16-36(37)32-50(52)49-28-14-27-42(56(49)57)38-18-13-19-39(31-38)54-45-23-9-11-25-47(45)55(48-26-12-10-24-46(48)54)51-33-40-30-29-35-15-5-6-20-41(35)53(40)44-22-8-7-21-43(44)51/h3-34H,1-2H3. The number of fused-ring (bicyclic) bond motifs is 11. The molecule has 0 radical (unpaired) electrons. The monoisotopic (exact) mass is 722 g/mol. The first kappa shape index (κ1) is 32.2. The molecule has 266 valence electrons. The van der Waals surface area contributed by atoms with Gasteiger partial charge in [0.15, 0.2) is 0 Å². The van der Waals surface area contributed by atoms with Crippen LogP contribution in [0.2, 0.25) is 0 Å². The van der Waals surface area contributed by atoms with Gasteiger partial charge in [0.05, 0.1) is 0 Å². The van der Waals surface area contributed by atoms with Gasteiger partial charge in [0.25, 0.3) is 0 Å².